The maximum atomic E-state index is 12.7. The molecule has 0 aliphatic heterocycles. The molecule has 0 fully saturated rings. The molecule has 0 saturated heterocycles. The molecule has 0 aliphatic rings. The molecule has 0 aromatic heterocycles. The van der Waals surface area contributed by atoms with Gasteiger partial charge in [-0.2, -0.15) is 0 Å². The summed E-state index contributed by atoms with van der Waals surface area (Å²) in [7, 11) is 1.16. The number of quaternary nitrogens is 1. The first-order chi connectivity index (χ1) is 27.0. The van der Waals surface area contributed by atoms with Crippen LogP contribution in [0.25, 0.3) is 0 Å². The van der Waals surface area contributed by atoms with Crippen LogP contribution >= 0.6 is 7.82 Å². The molecule has 0 bridgehead atoms. The molecule has 0 aromatic carbocycles. The Kier molecular flexibility index (Phi) is 37.5. The summed E-state index contributed by atoms with van der Waals surface area (Å²) in [6.07, 6.45) is 43.1. The molecule has 0 saturated carbocycles. The Morgan fingerprint density at radius 2 is 0.964 bits per heavy atom. The van der Waals surface area contributed by atoms with E-state index in [1.165, 1.54) is 89.9 Å². The molecule has 56 heavy (non-hydrogen) atoms. The van der Waals surface area contributed by atoms with Gasteiger partial charge in [-0.05, 0) is 70.6 Å². The number of phosphoric ester groups is 1. The summed E-state index contributed by atoms with van der Waals surface area (Å²) in [6, 6.07) is 0. The Morgan fingerprint density at radius 1 is 0.554 bits per heavy atom. The number of rotatable bonds is 41. The number of ether oxygens (including phenoxy) is 2. The molecule has 0 spiro atoms. The fourth-order valence-electron chi connectivity index (χ4n) is 6.03. The lowest BCUT2D eigenvalue weighted by molar-refractivity contribution is -0.870. The van der Waals surface area contributed by atoms with Gasteiger partial charge in [0.2, 0.25) is 0 Å². The van der Waals surface area contributed by atoms with Crippen LogP contribution in [0.3, 0.4) is 0 Å². The van der Waals surface area contributed by atoms with Crippen molar-refractivity contribution in [1.29, 1.82) is 0 Å². The van der Waals surface area contributed by atoms with Gasteiger partial charge in [0, 0.05) is 12.8 Å². The minimum atomic E-state index is -4.63. The number of nitrogens with zero attached hydrogens (tertiary/aromatic N) is 1. The van der Waals surface area contributed by atoms with E-state index in [4.69, 9.17) is 18.5 Å². The zero-order valence-corrected chi connectivity index (χ0v) is 37.7. The van der Waals surface area contributed by atoms with Crippen molar-refractivity contribution in [3.63, 3.8) is 0 Å². The lowest BCUT2D eigenvalue weighted by Gasteiger charge is -2.28. The predicted molar refractivity (Wildman–Crippen MR) is 231 cm³/mol. The van der Waals surface area contributed by atoms with Gasteiger partial charge in [0.25, 0.3) is 7.82 Å². The van der Waals surface area contributed by atoms with E-state index in [0.29, 0.717) is 17.4 Å². The highest BCUT2D eigenvalue weighted by molar-refractivity contribution is 7.45. The van der Waals surface area contributed by atoms with Crippen molar-refractivity contribution in [1.82, 2.24) is 0 Å². The van der Waals surface area contributed by atoms with Crippen LogP contribution in [-0.4, -0.2) is 70.0 Å². The van der Waals surface area contributed by atoms with Crippen LogP contribution in [0.2, 0.25) is 0 Å². The van der Waals surface area contributed by atoms with Crippen LogP contribution in [0, 0.1) is 0 Å². The number of likely N-dealkylation sites (N-methyl/N-ethyl adjacent to an activating group) is 1. The summed E-state index contributed by atoms with van der Waals surface area (Å²) < 4.78 is 33.9. The second-order valence-corrected chi connectivity index (χ2v) is 17.8. The van der Waals surface area contributed by atoms with E-state index in [0.717, 1.165) is 70.6 Å². The molecule has 0 aliphatic carbocycles. The molecule has 0 rings (SSSR count). The topological polar surface area (TPSA) is 111 Å². The van der Waals surface area contributed by atoms with Crippen molar-refractivity contribution >= 4 is 19.8 Å². The second-order valence-electron chi connectivity index (χ2n) is 16.4. The number of phosphoric acid groups is 1. The number of hydrogen-bond donors (Lipinski definition) is 0. The molecule has 0 aromatic rings. The average molecular weight is 812 g/mol. The molecular weight excluding hydrogens is 725 g/mol. The van der Waals surface area contributed by atoms with Gasteiger partial charge in [-0.15, -0.1) is 0 Å². The first-order valence-electron chi connectivity index (χ1n) is 22.7. The molecule has 10 heteroatoms. The Balaban J connectivity index is 4.33. The van der Waals surface area contributed by atoms with Gasteiger partial charge in [0.15, 0.2) is 6.10 Å². The maximum Gasteiger partial charge on any atom is 0.306 e. The standard InChI is InChI=1S/C46H86NO8P/c1-6-8-10-12-14-16-18-20-21-22-23-24-25-27-29-31-33-35-37-39-46(49)55-44(43-54-56(50,51)53-41-40-47(3,4)5)42-52-45(48)38-36-34-32-30-28-26-19-17-15-13-11-9-7-2/h14,16-17,19-21,44H,6-13,15,18,22-43H2,1-5H3/b16-14-,19-17-,21-20-. The van der Waals surface area contributed by atoms with Crippen molar-refractivity contribution in [2.45, 2.75) is 200 Å². The first-order valence-corrected chi connectivity index (χ1v) is 24.2. The average Bonchev–Trinajstić information content (AvgIpc) is 3.15. The van der Waals surface area contributed by atoms with E-state index < -0.39 is 32.5 Å². The first kappa shape index (κ1) is 54.2. The van der Waals surface area contributed by atoms with Gasteiger partial charge in [-0.3, -0.25) is 14.2 Å². The molecule has 0 radical (unpaired) electrons. The molecule has 0 amide bonds. The third-order valence-corrected chi connectivity index (χ3v) is 10.6. The van der Waals surface area contributed by atoms with Gasteiger partial charge >= 0.3 is 11.9 Å². The van der Waals surface area contributed by atoms with Crippen molar-refractivity contribution in [2.24, 2.45) is 0 Å². The van der Waals surface area contributed by atoms with Crippen LogP contribution in [0.15, 0.2) is 36.5 Å². The molecule has 2 atom stereocenters. The van der Waals surface area contributed by atoms with Crippen LogP contribution in [0.4, 0.5) is 0 Å². The molecule has 2 unspecified atom stereocenters. The largest absolute Gasteiger partial charge is 0.756 e. The molecule has 0 heterocycles. The lowest BCUT2D eigenvalue weighted by atomic mass is 10.1. The Morgan fingerprint density at radius 3 is 1.46 bits per heavy atom. The van der Waals surface area contributed by atoms with Gasteiger partial charge in [0.05, 0.1) is 27.7 Å². The Hall–Kier alpha value is -1.77. The van der Waals surface area contributed by atoms with E-state index in [1.807, 2.05) is 21.1 Å². The van der Waals surface area contributed by atoms with Crippen molar-refractivity contribution in [3.05, 3.63) is 36.5 Å². The third kappa shape index (κ3) is 41.9. The summed E-state index contributed by atoms with van der Waals surface area (Å²) >= 11 is 0. The number of esters is 2. The van der Waals surface area contributed by atoms with Crippen LogP contribution in [0.5, 0.6) is 0 Å². The van der Waals surface area contributed by atoms with E-state index in [1.54, 1.807) is 0 Å². The van der Waals surface area contributed by atoms with Crippen LogP contribution in [0.1, 0.15) is 194 Å². The van der Waals surface area contributed by atoms with E-state index >= 15 is 0 Å². The highest BCUT2D eigenvalue weighted by Crippen LogP contribution is 2.38. The quantitative estimate of drug-likeness (QED) is 0.0197. The molecule has 328 valence electrons. The summed E-state index contributed by atoms with van der Waals surface area (Å²) in [6.45, 7) is 4.18. The SMILES string of the molecule is CCCCC/C=C\C/C=C\CCCCCCCCCCCC(=O)OC(COC(=O)CCCCCCC/C=C\CCCCCC)COP(=O)([O-])OCC[N+](C)(C)C. The van der Waals surface area contributed by atoms with E-state index in [-0.39, 0.29) is 26.1 Å². The predicted octanol–water partition coefficient (Wildman–Crippen LogP) is 12.3. The lowest BCUT2D eigenvalue weighted by Crippen LogP contribution is -2.37. The third-order valence-electron chi connectivity index (χ3n) is 9.63. The number of carbonyl (C=O) groups excluding carboxylic acids is 2. The fourth-order valence-corrected chi connectivity index (χ4v) is 6.76. The summed E-state index contributed by atoms with van der Waals surface area (Å²) in [5, 5.41) is 0. The smallest absolute Gasteiger partial charge is 0.306 e. The number of hydrogen-bond acceptors (Lipinski definition) is 8. The monoisotopic (exact) mass is 812 g/mol. The Labute approximate surface area is 344 Å². The van der Waals surface area contributed by atoms with E-state index in [9.17, 15) is 19.0 Å². The number of carbonyl (C=O) groups is 2. The van der Waals surface area contributed by atoms with Crippen molar-refractivity contribution in [3.8, 4) is 0 Å². The van der Waals surface area contributed by atoms with Crippen LogP contribution < -0.4 is 4.89 Å². The normalized spacial score (nSPS) is 13.9. The molecular formula is C46H86NO8P. The zero-order valence-electron chi connectivity index (χ0n) is 36.8. The minimum Gasteiger partial charge on any atom is -0.756 e. The zero-order chi connectivity index (χ0) is 41.4. The Bertz CT molecular complexity index is 1050. The van der Waals surface area contributed by atoms with Gasteiger partial charge in [0.1, 0.15) is 19.8 Å². The highest BCUT2D eigenvalue weighted by Gasteiger charge is 2.21. The molecule has 9 nitrogen and oxygen atoms in total. The second kappa shape index (κ2) is 38.7. The van der Waals surface area contributed by atoms with Gasteiger partial charge < -0.3 is 27.9 Å². The van der Waals surface area contributed by atoms with Crippen molar-refractivity contribution < 1.29 is 42.1 Å². The summed E-state index contributed by atoms with van der Waals surface area (Å²) in [5.74, 6) is -0.848. The summed E-state index contributed by atoms with van der Waals surface area (Å²) in [5.41, 5.74) is 0. The van der Waals surface area contributed by atoms with Crippen LogP contribution in [-0.2, 0) is 32.7 Å². The molecule has 0 N–H and O–H groups in total. The fraction of sp³-hybridized carbons (Fsp3) is 0.826. The maximum absolute atomic E-state index is 12.7. The van der Waals surface area contributed by atoms with Crippen molar-refractivity contribution in [2.75, 3.05) is 47.5 Å². The minimum absolute atomic E-state index is 0.0330. The summed E-state index contributed by atoms with van der Waals surface area (Å²) in [4.78, 5) is 37.5. The van der Waals surface area contributed by atoms with Gasteiger partial charge in [-0.25, -0.2) is 0 Å². The number of unbranched alkanes of at least 4 members (excludes halogenated alkanes) is 21. The van der Waals surface area contributed by atoms with Gasteiger partial charge in [-0.1, -0.05) is 147 Å². The highest BCUT2D eigenvalue weighted by atomic mass is 31.2. The van der Waals surface area contributed by atoms with E-state index in [2.05, 4.69) is 50.3 Å². The number of allylic oxidation sites excluding steroid dienone is 6.